The Bertz CT molecular complexity index is 1100. The summed E-state index contributed by atoms with van der Waals surface area (Å²) >= 11 is 1.77. The van der Waals surface area contributed by atoms with Gasteiger partial charge in [0.25, 0.3) is 0 Å². The normalized spacial score (nSPS) is 20.3. The fraction of sp³-hybridized carbons (Fsp3) is 0.333. The number of amides is 1. The number of carbonyl (C=O) groups excluding carboxylic acids is 1. The van der Waals surface area contributed by atoms with E-state index in [9.17, 15) is 4.79 Å². The zero-order chi connectivity index (χ0) is 24.6. The number of hydrogen-bond donors (Lipinski definition) is 2. The summed E-state index contributed by atoms with van der Waals surface area (Å²) in [5, 5.41) is 6.72. The minimum Gasteiger partial charge on any atom is -0.355 e. The number of rotatable bonds is 8. The number of piperidine rings is 1. The van der Waals surface area contributed by atoms with E-state index in [2.05, 4.69) is 87.2 Å². The third kappa shape index (κ3) is 6.25. The monoisotopic (exact) mass is 498 g/mol. The Morgan fingerprint density at radius 1 is 0.972 bits per heavy atom. The largest absolute Gasteiger partial charge is 0.355 e. The summed E-state index contributed by atoms with van der Waals surface area (Å²) in [5.41, 5.74) is 6.68. The molecule has 0 aliphatic carbocycles. The highest BCUT2D eigenvalue weighted by molar-refractivity contribution is 7.99. The maximum Gasteiger partial charge on any atom is 0.238 e. The molecule has 0 spiro atoms. The maximum atomic E-state index is 12.6. The molecule has 0 radical (unpaired) electrons. The van der Waals surface area contributed by atoms with Crippen LogP contribution >= 0.6 is 11.8 Å². The predicted octanol–water partition coefficient (Wildman–Crippen LogP) is 4.89. The van der Waals surface area contributed by atoms with Gasteiger partial charge in [0.2, 0.25) is 5.91 Å². The van der Waals surface area contributed by atoms with Crippen molar-refractivity contribution in [3.05, 3.63) is 107 Å². The molecule has 1 amide bonds. The van der Waals surface area contributed by atoms with Gasteiger partial charge < -0.3 is 10.2 Å². The number of pyridine rings is 1. The van der Waals surface area contributed by atoms with E-state index < -0.39 is 0 Å². The molecule has 2 aliphatic heterocycles. The SMILES string of the molecule is O=C(NCCCN1CCC(=C(c2ccccc2)c2ccccc2)CC1)[C@@H]1CSC(c2cccnc2)N1. The van der Waals surface area contributed by atoms with Crippen molar-refractivity contribution in [2.75, 3.05) is 31.9 Å². The smallest absolute Gasteiger partial charge is 0.238 e. The molecule has 2 aliphatic rings. The summed E-state index contributed by atoms with van der Waals surface area (Å²) in [6.45, 7) is 3.88. The Morgan fingerprint density at radius 3 is 2.31 bits per heavy atom. The molecule has 186 valence electrons. The lowest BCUT2D eigenvalue weighted by Gasteiger charge is -2.30. The van der Waals surface area contributed by atoms with Crippen LogP contribution in [0.1, 0.15) is 41.3 Å². The van der Waals surface area contributed by atoms with Crippen LogP contribution in [0.3, 0.4) is 0 Å². The molecule has 2 saturated heterocycles. The Balaban J connectivity index is 1.08. The Labute approximate surface area is 218 Å². The summed E-state index contributed by atoms with van der Waals surface area (Å²) in [6, 6.07) is 25.4. The van der Waals surface area contributed by atoms with Gasteiger partial charge in [0.05, 0.1) is 11.4 Å². The highest BCUT2D eigenvalue weighted by Gasteiger charge is 2.30. The number of benzene rings is 2. The van der Waals surface area contributed by atoms with Gasteiger partial charge >= 0.3 is 0 Å². The molecular weight excluding hydrogens is 464 g/mol. The lowest BCUT2D eigenvalue weighted by molar-refractivity contribution is -0.122. The molecule has 2 N–H and O–H groups in total. The minimum absolute atomic E-state index is 0.105. The van der Waals surface area contributed by atoms with Gasteiger partial charge in [0.15, 0.2) is 0 Å². The van der Waals surface area contributed by atoms with Crippen LogP contribution in [-0.4, -0.2) is 53.8 Å². The van der Waals surface area contributed by atoms with E-state index in [-0.39, 0.29) is 17.3 Å². The number of hydrogen-bond acceptors (Lipinski definition) is 5. The lowest BCUT2D eigenvalue weighted by Crippen LogP contribution is -2.43. The second kappa shape index (κ2) is 12.3. The van der Waals surface area contributed by atoms with Gasteiger partial charge in [-0.2, -0.15) is 0 Å². The van der Waals surface area contributed by atoms with Crippen LogP contribution in [0.15, 0.2) is 90.8 Å². The van der Waals surface area contributed by atoms with Gasteiger partial charge in [-0.15, -0.1) is 11.8 Å². The maximum absolute atomic E-state index is 12.6. The zero-order valence-electron chi connectivity index (χ0n) is 20.6. The Kier molecular flexibility index (Phi) is 8.49. The molecule has 5 nitrogen and oxygen atoms in total. The molecule has 6 heteroatoms. The van der Waals surface area contributed by atoms with Crippen LogP contribution < -0.4 is 10.6 Å². The standard InChI is InChI=1S/C30H34N4OS/c35-29(27-22-36-30(33-27)26-13-7-16-31-21-26)32-17-8-18-34-19-14-25(15-20-34)28(23-9-3-1-4-10-23)24-11-5-2-6-12-24/h1-7,9-13,16,21,27,30,33H,8,14-15,17-20,22H2,(H,32,35)/t27-,30?/m0/s1. The van der Waals surface area contributed by atoms with Gasteiger partial charge in [-0.25, -0.2) is 0 Å². The summed E-state index contributed by atoms with van der Waals surface area (Å²) in [7, 11) is 0. The number of nitrogens with zero attached hydrogens (tertiary/aromatic N) is 2. The van der Waals surface area contributed by atoms with Crippen LogP contribution in [-0.2, 0) is 4.79 Å². The highest BCUT2D eigenvalue weighted by Crippen LogP contribution is 2.33. The first-order chi connectivity index (χ1) is 17.8. The number of likely N-dealkylation sites (tertiary alicyclic amines) is 1. The van der Waals surface area contributed by atoms with Crippen molar-refractivity contribution in [1.29, 1.82) is 0 Å². The molecule has 3 heterocycles. The second-order valence-corrected chi connectivity index (χ2v) is 10.6. The average molecular weight is 499 g/mol. The first kappa shape index (κ1) is 24.8. The number of thioether (sulfide) groups is 1. The molecule has 2 fully saturated rings. The number of carbonyl (C=O) groups is 1. The predicted molar refractivity (Wildman–Crippen MR) is 149 cm³/mol. The Hall–Kier alpha value is -2.93. The first-order valence-electron chi connectivity index (χ1n) is 12.9. The molecule has 5 rings (SSSR count). The van der Waals surface area contributed by atoms with E-state index in [1.807, 2.05) is 12.3 Å². The van der Waals surface area contributed by atoms with Crippen molar-refractivity contribution in [3.8, 4) is 0 Å². The molecule has 0 bridgehead atoms. The first-order valence-corrected chi connectivity index (χ1v) is 13.9. The van der Waals surface area contributed by atoms with Crippen molar-refractivity contribution < 1.29 is 4.79 Å². The summed E-state index contributed by atoms with van der Waals surface area (Å²) in [6.07, 6.45) is 6.79. The molecule has 3 aromatic rings. The summed E-state index contributed by atoms with van der Waals surface area (Å²) in [4.78, 5) is 19.4. The van der Waals surface area contributed by atoms with Crippen LogP contribution in [0, 0.1) is 0 Å². The quantitative estimate of drug-likeness (QED) is 0.433. The van der Waals surface area contributed by atoms with E-state index in [0.29, 0.717) is 0 Å². The van der Waals surface area contributed by atoms with E-state index in [0.717, 1.165) is 56.8 Å². The Morgan fingerprint density at radius 2 is 1.67 bits per heavy atom. The van der Waals surface area contributed by atoms with Gasteiger partial charge in [-0.05, 0) is 54.1 Å². The zero-order valence-corrected chi connectivity index (χ0v) is 21.4. The van der Waals surface area contributed by atoms with E-state index in [1.165, 1.54) is 16.7 Å². The second-order valence-electron chi connectivity index (χ2n) is 9.42. The molecule has 2 atom stereocenters. The van der Waals surface area contributed by atoms with Gasteiger partial charge in [-0.1, -0.05) is 72.3 Å². The van der Waals surface area contributed by atoms with Crippen molar-refractivity contribution >= 4 is 23.2 Å². The van der Waals surface area contributed by atoms with Gasteiger partial charge in [0, 0.05) is 37.8 Å². The molecule has 0 saturated carbocycles. The molecule has 1 aromatic heterocycles. The highest BCUT2D eigenvalue weighted by atomic mass is 32.2. The topological polar surface area (TPSA) is 57.3 Å². The van der Waals surface area contributed by atoms with Gasteiger partial charge in [-0.3, -0.25) is 15.1 Å². The van der Waals surface area contributed by atoms with Crippen LogP contribution in [0.5, 0.6) is 0 Å². The number of nitrogens with one attached hydrogen (secondary N) is 2. The van der Waals surface area contributed by atoms with Crippen LogP contribution in [0.25, 0.3) is 5.57 Å². The van der Waals surface area contributed by atoms with Gasteiger partial charge in [0.1, 0.15) is 0 Å². The summed E-state index contributed by atoms with van der Waals surface area (Å²) in [5.74, 6) is 0.894. The third-order valence-electron chi connectivity index (χ3n) is 6.97. The van der Waals surface area contributed by atoms with E-state index in [4.69, 9.17) is 0 Å². The molecule has 2 aromatic carbocycles. The van der Waals surface area contributed by atoms with Crippen LogP contribution in [0.2, 0.25) is 0 Å². The minimum atomic E-state index is -0.141. The fourth-order valence-electron chi connectivity index (χ4n) is 5.06. The van der Waals surface area contributed by atoms with Crippen molar-refractivity contribution in [2.45, 2.75) is 30.7 Å². The average Bonchev–Trinajstić information content (AvgIpc) is 3.44. The van der Waals surface area contributed by atoms with Crippen molar-refractivity contribution in [3.63, 3.8) is 0 Å². The summed E-state index contributed by atoms with van der Waals surface area (Å²) < 4.78 is 0. The lowest BCUT2D eigenvalue weighted by atomic mass is 9.88. The number of aromatic nitrogens is 1. The van der Waals surface area contributed by atoms with Crippen LogP contribution in [0.4, 0.5) is 0 Å². The van der Waals surface area contributed by atoms with E-state index >= 15 is 0 Å². The van der Waals surface area contributed by atoms with Crippen molar-refractivity contribution in [1.82, 2.24) is 20.5 Å². The van der Waals surface area contributed by atoms with E-state index in [1.54, 1.807) is 23.5 Å². The molecule has 36 heavy (non-hydrogen) atoms. The third-order valence-corrected chi connectivity index (χ3v) is 8.24. The molecular formula is C30H34N4OS. The molecule has 1 unspecified atom stereocenters. The van der Waals surface area contributed by atoms with Crippen molar-refractivity contribution in [2.24, 2.45) is 0 Å². The fourth-order valence-corrected chi connectivity index (χ4v) is 6.29.